The largest absolute Gasteiger partial charge is 0.463 e. The maximum absolute atomic E-state index is 13.8. The van der Waals surface area contributed by atoms with Crippen LogP contribution in [0.5, 0.6) is 0 Å². The maximum atomic E-state index is 13.8. The zero-order valence-electron chi connectivity index (χ0n) is 80.9. The number of carbonyl (C=O) groups excluding carboxylic acids is 15. The molecule has 16 unspecified atom stereocenters. The molecule has 3 heterocycles. The van der Waals surface area contributed by atoms with Crippen LogP contribution in [0.25, 0.3) is 0 Å². The zero-order chi connectivity index (χ0) is 99.5. The van der Waals surface area contributed by atoms with Gasteiger partial charge in [-0.2, -0.15) is 5.26 Å². The molecule has 0 aromatic heterocycles. The van der Waals surface area contributed by atoms with Crippen molar-refractivity contribution in [1.82, 2.24) is 62.3 Å². The van der Waals surface area contributed by atoms with Crippen molar-refractivity contribution in [2.24, 2.45) is 17.8 Å². The summed E-state index contributed by atoms with van der Waals surface area (Å²) >= 11 is 0. The standard InChI is InChI=1S/C87H150N13O33P/c1-56(2)100(57(3)4)134(126-37-23-27-88)127-49-45-119-41-36-98(50-76(113)92-31-20-17-28-89-73(110)24-38-116-42-46-120-85-79(95-61(8)101)58(5)82(128-67(14)107)70(131-85)53-123-64(11)104)34-35-99(51-77(114)93-32-21-18-29-90-74(111)25-39-117-43-47-121-86-80(96-62(9)102)59(6)83(129-68(15)108)71(132-86)54-124-65(12)105)52-78(115)94-33-22-19-30-91-75(112)26-40-118-44-48-122-87-81(97-63(10)103)60(7)84(130-69(16)109)72(133-87)55-125-66(13)106/h56-60,70-72,79-87H,17-26,28-55H2,1-16H3,(H,89,110)(H,90,111)(H,91,112)(H,92,113)(H,93,114)(H,94,115)(H,95,101)(H,96,102)(H,97,103). The second kappa shape index (κ2) is 69.2. The fourth-order valence-corrected chi connectivity index (χ4v) is 16.0. The molecule has 9 amide bonds. The molecule has 3 aliphatic heterocycles. The Morgan fingerprint density at radius 3 is 0.925 bits per heavy atom. The van der Waals surface area contributed by atoms with E-state index < -0.39 is 148 Å². The summed E-state index contributed by atoms with van der Waals surface area (Å²) in [6, 6.07) is -0.0169. The molecule has 47 heteroatoms. The molecule has 0 aliphatic carbocycles. The molecule has 0 aromatic rings. The minimum Gasteiger partial charge on any atom is -0.463 e. The molecule has 0 spiro atoms. The van der Waals surface area contributed by atoms with Crippen LogP contribution in [-0.2, 0) is 157 Å². The number of rotatable bonds is 70. The Balaban J connectivity index is 1.65. The van der Waals surface area contributed by atoms with Gasteiger partial charge in [0.15, 0.2) is 18.9 Å². The van der Waals surface area contributed by atoms with E-state index in [4.69, 9.17) is 84.8 Å². The van der Waals surface area contributed by atoms with Gasteiger partial charge in [0.05, 0.1) is 136 Å². The third kappa shape index (κ3) is 52.6. The average molecular weight is 1940 g/mol. The van der Waals surface area contributed by atoms with Crippen LogP contribution < -0.4 is 47.9 Å². The molecule has 3 aliphatic rings. The highest BCUT2D eigenvalue weighted by Crippen LogP contribution is 2.46. The number of unbranched alkanes of at least 4 members (excludes halogenated alkanes) is 3. The summed E-state index contributed by atoms with van der Waals surface area (Å²) in [7, 11) is -1.55. The molecule has 0 radical (unpaired) electrons. The van der Waals surface area contributed by atoms with Crippen LogP contribution in [0.1, 0.15) is 175 Å². The Morgan fingerprint density at radius 2 is 0.634 bits per heavy atom. The fraction of sp³-hybridized carbons (Fsp3) is 0.816. The summed E-state index contributed by atoms with van der Waals surface area (Å²) in [5.74, 6) is -8.17. The molecule has 0 aromatic carbocycles. The lowest BCUT2D eigenvalue weighted by molar-refractivity contribution is -0.264. The van der Waals surface area contributed by atoms with Crippen molar-refractivity contribution < 1.29 is 157 Å². The number of ether oxygens (including phenoxy) is 16. The van der Waals surface area contributed by atoms with Crippen LogP contribution in [0.15, 0.2) is 0 Å². The molecule has 766 valence electrons. The molecular weight excluding hydrogens is 1790 g/mol. The van der Waals surface area contributed by atoms with Gasteiger partial charge in [-0.25, -0.2) is 4.67 Å². The van der Waals surface area contributed by atoms with Crippen LogP contribution >= 0.6 is 8.53 Å². The first-order chi connectivity index (χ1) is 63.8. The van der Waals surface area contributed by atoms with E-state index in [1.165, 1.54) is 62.3 Å². The van der Waals surface area contributed by atoms with Gasteiger partial charge < -0.3 is 133 Å². The summed E-state index contributed by atoms with van der Waals surface area (Å²) in [5.41, 5.74) is 0. The maximum Gasteiger partial charge on any atom is 0.303 e. The van der Waals surface area contributed by atoms with E-state index in [2.05, 4.69) is 58.6 Å². The van der Waals surface area contributed by atoms with E-state index >= 15 is 0 Å². The van der Waals surface area contributed by atoms with Crippen molar-refractivity contribution in [3.8, 4) is 6.07 Å². The van der Waals surface area contributed by atoms with E-state index in [0.29, 0.717) is 45.1 Å². The number of nitriles is 1. The van der Waals surface area contributed by atoms with Crippen molar-refractivity contribution in [3.05, 3.63) is 0 Å². The lowest BCUT2D eigenvalue weighted by Gasteiger charge is -2.44. The second-order valence-corrected chi connectivity index (χ2v) is 34.4. The third-order valence-corrected chi connectivity index (χ3v) is 22.8. The number of esters is 6. The Labute approximate surface area is 787 Å². The second-order valence-electron chi connectivity index (χ2n) is 32.9. The molecule has 0 bridgehead atoms. The predicted molar refractivity (Wildman–Crippen MR) is 478 cm³/mol. The van der Waals surface area contributed by atoms with Gasteiger partial charge in [0.1, 0.15) is 56.4 Å². The third-order valence-electron chi connectivity index (χ3n) is 20.7. The van der Waals surface area contributed by atoms with Gasteiger partial charge >= 0.3 is 35.8 Å². The number of amides is 9. The lowest BCUT2D eigenvalue weighted by Crippen LogP contribution is -2.62. The molecule has 0 saturated carbocycles. The SMILES string of the molecule is CC(=O)NC1C(OCCOCCC(=O)NCCCCNC(=O)CN(CCOCCOP(OCCC#N)N(C(C)C)C(C)C)CCN(CC(=O)NCCCCNC(=O)CCOCCOC2OC(COC(C)=O)C(OC(C)=O)C(C)C2NC(C)=O)CC(=O)NCCCCNC(=O)CCOCCOC2OC(COC(C)=O)C(OC(C)=O)C(C)C2NC(C)=O)OC(COC(C)=O)C(OC(C)=O)C1C. The zero-order valence-corrected chi connectivity index (χ0v) is 81.8. The van der Waals surface area contributed by atoms with Gasteiger partial charge in [-0.05, 0) is 66.2 Å². The first-order valence-electron chi connectivity index (χ1n) is 45.9. The average Bonchev–Trinajstić information content (AvgIpc) is 0.804. The molecule has 134 heavy (non-hydrogen) atoms. The van der Waals surface area contributed by atoms with E-state index in [0.717, 1.165) is 0 Å². The number of nitrogens with one attached hydrogen (secondary N) is 9. The minimum absolute atomic E-state index is 0.00778. The van der Waals surface area contributed by atoms with Crippen molar-refractivity contribution in [3.63, 3.8) is 0 Å². The quantitative estimate of drug-likeness (QED) is 0.0171. The molecule has 3 saturated heterocycles. The topological polar surface area (TPSA) is 564 Å². The minimum atomic E-state index is -1.55. The van der Waals surface area contributed by atoms with Crippen LogP contribution in [0.4, 0.5) is 0 Å². The predicted octanol–water partition coefficient (Wildman–Crippen LogP) is 0.289. The van der Waals surface area contributed by atoms with Crippen molar-refractivity contribution in [2.45, 2.75) is 261 Å². The number of nitrogens with zero attached hydrogens (tertiary/aromatic N) is 4. The smallest absolute Gasteiger partial charge is 0.303 e. The van der Waals surface area contributed by atoms with Gasteiger partial charge in [0, 0.05) is 170 Å². The summed E-state index contributed by atoms with van der Waals surface area (Å²) in [6.45, 7) is 26.4. The van der Waals surface area contributed by atoms with E-state index in [1.807, 2.05) is 32.6 Å². The molecule has 3 fully saturated rings. The number of hydrogen-bond donors (Lipinski definition) is 9. The van der Waals surface area contributed by atoms with Crippen molar-refractivity contribution in [1.29, 1.82) is 5.26 Å². The Morgan fingerprint density at radius 1 is 0.351 bits per heavy atom. The summed E-state index contributed by atoms with van der Waals surface area (Å²) in [6.07, 6.45) is -5.23. The molecule has 3 rings (SSSR count). The lowest BCUT2D eigenvalue weighted by atomic mass is 9.88. The number of hydrogen-bond acceptors (Lipinski definition) is 37. The van der Waals surface area contributed by atoms with Gasteiger partial charge in [-0.15, -0.1) is 0 Å². The van der Waals surface area contributed by atoms with Crippen molar-refractivity contribution in [2.75, 3.05) is 184 Å². The molecule has 9 N–H and O–H groups in total. The van der Waals surface area contributed by atoms with Crippen LogP contribution in [-0.4, -0.2) is 373 Å². The first-order valence-corrected chi connectivity index (χ1v) is 47.0. The van der Waals surface area contributed by atoms with E-state index in [-0.39, 0.29) is 257 Å². The monoisotopic (exact) mass is 1940 g/mol. The van der Waals surface area contributed by atoms with Crippen LogP contribution in [0.2, 0.25) is 0 Å². The Kier molecular flexibility index (Phi) is 61.7. The molecular formula is C87H150N13O33P. The first kappa shape index (κ1) is 120. The summed E-state index contributed by atoms with van der Waals surface area (Å²) in [5, 5.41) is 34.9. The Hall–Kier alpha value is -8.63. The van der Waals surface area contributed by atoms with Crippen molar-refractivity contribution >= 4 is 97.5 Å². The van der Waals surface area contributed by atoms with Crippen LogP contribution in [0, 0.1) is 29.1 Å². The number of carbonyl (C=O) groups is 15. The highest BCUT2D eigenvalue weighted by Gasteiger charge is 2.50. The normalized spacial score (nSPS) is 21.8. The van der Waals surface area contributed by atoms with E-state index in [1.54, 1.807) is 25.7 Å². The summed E-state index contributed by atoms with van der Waals surface area (Å²) < 4.78 is 105. The summed E-state index contributed by atoms with van der Waals surface area (Å²) in [4.78, 5) is 191. The van der Waals surface area contributed by atoms with E-state index in [9.17, 15) is 77.2 Å². The van der Waals surface area contributed by atoms with Gasteiger partial charge in [0.25, 0.3) is 8.53 Å². The Bertz CT molecular complexity index is 3450. The highest BCUT2D eigenvalue weighted by atomic mass is 31.2. The highest BCUT2D eigenvalue weighted by molar-refractivity contribution is 7.44. The van der Waals surface area contributed by atoms with Crippen LogP contribution in [0.3, 0.4) is 0 Å². The van der Waals surface area contributed by atoms with Gasteiger partial charge in [-0.1, -0.05) is 20.8 Å². The molecule has 46 nitrogen and oxygen atoms in total. The van der Waals surface area contributed by atoms with Gasteiger partial charge in [-0.3, -0.25) is 81.7 Å². The van der Waals surface area contributed by atoms with Gasteiger partial charge in [0.2, 0.25) is 53.2 Å². The fourth-order valence-electron chi connectivity index (χ4n) is 14.4. The molecule has 16 atom stereocenters.